The lowest BCUT2D eigenvalue weighted by Gasteiger charge is -2.15. The molecule has 1 rings (SSSR count). The molecule has 9 heteroatoms. The Balaban J connectivity index is 3.31. The van der Waals surface area contributed by atoms with Gasteiger partial charge in [0.15, 0.2) is 0 Å². The van der Waals surface area contributed by atoms with Crippen LogP contribution in [0, 0.1) is 0 Å². The number of halogens is 6. The predicted molar refractivity (Wildman–Crippen MR) is 54.4 cm³/mol. The minimum atomic E-state index is -5.04. The molecule has 102 valence electrons. The zero-order chi connectivity index (χ0) is 13.9. The van der Waals surface area contributed by atoms with Crippen molar-refractivity contribution in [1.29, 1.82) is 0 Å². The van der Waals surface area contributed by atoms with E-state index in [0.717, 1.165) is 6.07 Å². The van der Waals surface area contributed by atoms with E-state index in [1.165, 1.54) is 0 Å². The number of aliphatic hydroxyl groups is 1. The average Bonchev–Trinajstić information content (AvgIpc) is 2.25. The second kappa shape index (κ2) is 5.79. The van der Waals surface area contributed by atoms with Gasteiger partial charge < -0.3 is 9.84 Å². The van der Waals surface area contributed by atoms with Gasteiger partial charge in [-0.3, -0.25) is 0 Å². The maximum absolute atomic E-state index is 12.4. The summed E-state index contributed by atoms with van der Waals surface area (Å²) in [6.07, 6.45) is -8.10. The van der Waals surface area contributed by atoms with Crippen LogP contribution >= 0.6 is 15.9 Å². The van der Waals surface area contributed by atoms with E-state index in [-0.39, 0.29) is 16.5 Å². The van der Waals surface area contributed by atoms with E-state index in [9.17, 15) is 22.0 Å². The van der Waals surface area contributed by atoms with Crippen LogP contribution in [0.3, 0.4) is 0 Å². The van der Waals surface area contributed by atoms with Crippen molar-refractivity contribution >= 4 is 15.9 Å². The molecule has 1 N–H and O–H groups in total. The third kappa shape index (κ3) is 3.77. The van der Waals surface area contributed by atoms with E-state index in [0.29, 0.717) is 0 Å². The Morgan fingerprint density at radius 2 is 2.00 bits per heavy atom. The van der Waals surface area contributed by atoms with E-state index in [2.05, 4.69) is 25.7 Å². The first-order valence-corrected chi connectivity index (χ1v) is 5.64. The molecule has 18 heavy (non-hydrogen) atoms. The number of aliphatic hydroxyl groups excluding tert-OH is 1. The van der Waals surface area contributed by atoms with Gasteiger partial charge in [0.25, 0.3) is 6.43 Å². The molecule has 1 aromatic rings. The van der Waals surface area contributed by atoms with E-state index in [4.69, 9.17) is 5.11 Å². The topological polar surface area (TPSA) is 42.4 Å². The van der Waals surface area contributed by atoms with Gasteiger partial charge in [-0.05, 0) is 11.6 Å². The molecule has 0 saturated carbocycles. The summed E-state index contributed by atoms with van der Waals surface area (Å²) in [7, 11) is 0. The number of ether oxygens (including phenoxy) is 1. The first kappa shape index (κ1) is 15.1. The van der Waals surface area contributed by atoms with Crippen LogP contribution in [0.2, 0.25) is 0 Å². The van der Waals surface area contributed by atoms with Crippen molar-refractivity contribution in [2.45, 2.75) is 24.7 Å². The fourth-order valence-corrected chi connectivity index (χ4v) is 1.81. The summed E-state index contributed by atoms with van der Waals surface area (Å²) < 4.78 is 64.7. The highest BCUT2D eigenvalue weighted by molar-refractivity contribution is 9.08. The molecule has 0 bridgehead atoms. The molecule has 1 aromatic heterocycles. The minimum Gasteiger partial charge on any atom is -0.392 e. The Morgan fingerprint density at radius 3 is 2.39 bits per heavy atom. The van der Waals surface area contributed by atoms with Gasteiger partial charge in [-0.15, -0.1) is 13.2 Å². The van der Waals surface area contributed by atoms with Crippen LogP contribution in [0.15, 0.2) is 6.07 Å². The molecule has 0 aromatic carbocycles. The van der Waals surface area contributed by atoms with Crippen molar-refractivity contribution in [2.24, 2.45) is 0 Å². The summed E-state index contributed by atoms with van der Waals surface area (Å²) >= 11 is 2.88. The number of aromatic nitrogens is 1. The molecule has 0 saturated heterocycles. The van der Waals surface area contributed by atoms with Gasteiger partial charge in [-0.25, -0.2) is 13.8 Å². The number of alkyl halides is 6. The van der Waals surface area contributed by atoms with Crippen molar-refractivity contribution in [2.75, 3.05) is 0 Å². The second-order valence-electron chi connectivity index (χ2n) is 3.13. The number of rotatable bonds is 4. The van der Waals surface area contributed by atoms with Crippen LogP contribution in [-0.2, 0) is 11.9 Å². The summed E-state index contributed by atoms with van der Waals surface area (Å²) in [6.45, 7) is -0.697. The molecular formula is C9H7BrF5NO2. The summed E-state index contributed by atoms with van der Waals surface area (Å²) in [5.41, 5.74) is -1.11. The number of nitrogens with zero attached hydrogens (tertiary/aromatic N) is 1. The van der Waals surface area contributed by atoms with Gasteiger partial charge in [0, 0.05) is 10.9 Å². The van der Waals surface area contributed by atoms with E-state index >= 15 is 0 Å². The Hall–Kier alpha value is -0.960. The lowest BCUT2D eigenvalue weighted by atomic mass is 10.1. The summed E-state index contributed by atoms with van der Waals surface area (Å²) in [6, 6.07) is 0.838. The van der Waals surface area contributed by atoms with E-state index in [1.807, 2.05) is 0 Å². The second-order valence-corrected chi connectivity index (χ2v) is 3.69. The molecule has 0 atom stereocenters. The first-order chi connectivity index (χ1) is 8.28. The van der Waals surface area contributed by atoms with Crippen LogP contribution in [0.25, 0.3) is 0 Å². The number of hydrogen-bond acceptors (Lipinski definition) is 3. The Bertz CT molecular complexity index is 424. The van der Waals surface area contributed by atoms with E-state index < -0.39 is 31.0 Å². The lowest BCUT2D eigenvalue weighted by molar-refractivity contribution is -0.276. The Labute approximate surface area is 107 Å². The maximum atomic E-state index is 12.4. The van der Waals surface area contributed by atoms with Crippen LogP contribution in [0.1, 0.15) is 23.2 Å². The van der Waals surface area contributed by atoms with Crippen molar-refractivity contribution in [3.05, 3.63) is 22.9 Å². The SMILES string of the molecule is OCc1cc(C(F)F)nc(OC(F)(F)F)c1CBr. The molecule has 0 aliphatic heterocycles. The smallest absolute Gasteiger partial charge is 0.392 e. The Kier molecular flexibility index (Phi) is 4.85. The summed E-state index contributed by atoms with van der Waals surface area (Å²) in [5.74, 6) is -0.985. The monoisotopic (exact) mass is 335 g/mol. The number of hydrogen-bond donors (Lipinski definition) is 1. The largest absolute Gasteiger partial charge is 0.574 e. The van der Waals surface area contributed by atoms with Gasteiger partial charge in [0.05, 0.1) is 6.61 Å². The van der Waals surface area contributed by atoms with Gasteiger partial charge in [-0.2, -0.15) is 0 Å². The normalized spacial score (nSPS) is 12.0. The van der Waals surface area contributed by atoms with Gasteiger partial charge >= 0.3 is 6.36 Å². The van der Waals surface area contributed by atoms with Crippen molar-refractivity contribution in [3.8, 4) is 5.88 Å². The molecule has 0 spiro atoms. The third-order valence-corrected chi connectivity index (χ3v) is 2.50. The van der Waals surface area contributed by atoms with Crippen LogP contribution < -0.4 is 4.74 Å². The van der Waals surface area contributed by atoms with Crippen molar-refractivity contribution < 1.29 is 31.8 Å². The molecule has 1 heterocycles. The van der Waals surface area contributed by atoms with Gasteiger partial charge in [0.2, 0.25) is 5.88 Å². The van der Waals surface area contributed by atoms with Crippen LogP contribution in [-0.4, -0.2) is 16.5 Å². The fraction of sp³-hybridized carbons (Fsp3) is 0.444. The number of pyridine rings is 1. The molecule has 0 aliphatic rings. The molecular weight excluding hydrogens is 329 g/mol. The quantitative estimate of drug-likeness (QED) is 0.678. The lowest BCUT2D eigenvalue weighted by Crippen LogP contribution is -2.20. The predicted octanol–water partition coefficient (Wildman–Crippen LogP) is 3.31. The highest BCUT2D eigenvalue weighted by Crippen LogP contribution is 2.31. The first-order valence-electron chi connectivity index (χ1n) is 4.52. The molecule has 0 aliphatic carbocycles. The molecule has 0 fully saturated rings. The maximum Gasteiger partial charge on any atom is 0.574 e. The minimum absolute atomic E-state index is 0.101. The standard InChI is InChI=1S/C9H7BrF5NO2/c10-2-5-4(3-17)1-6(7(11)12)16-8(5)18-9(13,14)15/h1,7,17H,2-3H2. The summed E-state index contributed by atoms with van der Waals surface area (Å²) in [5, 5.41) is 8.83. The highest BCUT2D eigenvalue weighted by atomic mass is 79.9. The third-order valence-electron chi connectivity index (χ3n) is 1.94. The molecule has 0 radical (unpaired) electrons. The van der Waals surface area contributed by atoms with Crippen LogP contribution in [0.4, 0.5) is 22.0 Å². The Morgan fingerprint density at radius 1 is 1.39 bits per heavy atom. The molecule has 0 amide bonds. The molecule has 3 nitrogen and oxygen atoms in total. The molecule has 0 unspecified atom stereocenters. The highest BCUT2D eigenvalue weighted by Gasteiger charge is 2.34. The summed E-state index contributed by atoms with van der Waals surface area (Å²) in [4.78, 5) is 3.10. The fourth-order valence-electron chi connectivity index (χ4n) is 1.21. The van der Waals surface area contributed by atoms with Crippen molar-refractivity contribution in [3.63, 3.8) is 0 Å². The van der Waals surface area contributed by atoms with Gasteiger partial charge in [0.1, 0.15) is 5.69 Å². The average molecular weight is 336 g/mol. The van der Waals surface area contributed by atoms with Gasteiger partial charge in [-0.1, -0.05) is 15.9 Å². The van der Waals surface area contributed by atoms with Crippen molar-refractivity contribution in [1.82, 2.24) is 4.98 Å². The van der Waals surface area contributed by atoms with E-state index in [1.54, 1.807) is 0 Å². The van der Waals surface area contributed by atoms with Crippen LogP contribution in [0.5, 0.6) is 5.88 Å². The zero-order valence-corrected chi connectivity index (χ0v) is 10.2. The zero-order valence-electron chi connectivity index (χ0n) is 8.64.